The Labute approximate surface area is 161 Å². The van der Waals surface area contributed by atoms with Crippen molar-refractivity contribution in [3.8, 4) is 11.8 Å². The molecule has 6 aliphatic rings. The van der Waals surface area contributed by atoms with Crippen LogP contribution in [0.5, 0.6) is 0 Å². The quantitative estimate of drug-likeness (QED) is 0.404. The number of hydrogen-bond acceptors (Lipinski definition) is 4. The van der Waals surface area contributed by atoms with Crippen LogP contribution < -0.4 is 0 Å². The Morgan fingerprint density at radius 3 is 2.70 bits per heavy atom. The Morgan fingerprint density at radius 2 is 1.93 bits per heavy atom. The standard InChI is InChI=1S/C23H30O4/c1-3-7-20(24)9-6-17-16-4-10-21-15-22(25-13-14-26-22)11-12-23(21,27-21)18(16)5-8-19(17,20)2/h5,16-17,24H,4,6,8-15H2,1-2H3/t16-,17-,19-,20-,21+,23+/m0/s1. The third-order valence-electron chi connectivity index (χ3n) is 9.16. The molecular weight excluding hydrogens is 340 g/mol. The van der Waals surface area contributed by atoms with Gasteiger partial charge in [-0.05, 0) is 62.9 Å². The highest BCUT2D eigenvalue weighted by Crippen LogP contribution is 2.74. The second-order valence-corrected chi connectivity index (χ2v) is 10.0. The molecule has 0 aromatic carbocycles. The molecule has 1 N–H and O–H groups in total. The van der Waals surface area contributed by atoms with Crippen molar-refractivity contribution in [1.82, 2.24) is 0 Å². The van der Waals surface area contributed by atoms with Crippen molar-refractivity contribution in [2.45, 2.75) is 87.8 Å². The molecule has 0 bridgehead atoms. The van der Waals surface area contributed by atoms with Gasteiger partial charge in [0, 0.05) is 18.3 Å². The highest BCUT2D eigenvalue weighted by molar-refractivity contribution is 5.44. The van der Waals surface area contributed by atoms with Crippen LogP contribution in [0.2, 0.25) is 0 Å². The predicted molar refractivity (Wildman–Crippen MR) is 99.7 cm³/mol. The predicted octanol–water partition coefficient (Wildman–Crippen LogP) is 3.33. The van der Waals surface area contributed by atoms with Gasteiger partial charge in [0.25, 0.3) is 0 Å². The average Bonchev–Trinajstić information content (AvgIpc) is 2.99. The van der Waals surface area contributed by atoms with Gasteiger partial charge in [0.1, 0.15) is 16.8 Å². The van der Waals surface area contributed by atoms with Gasteiger partial charge in [-0.15, -0.1) is 5.92 Å². The topological polar surface area (TPSA) is 51.2 Å². The van der Waals surface area contributed by atoms with Gasteiger partial charge in [-0.25, -0.2) is 0 Å². The van der Waals surface area contributed by atoms with E-state index in [0.29, 0.717) is 25.0 Å². The molecule has 4 aliphatic carbocycles. The van der Waals surface area contributed by atoms with Crippen LogP contribution in [0.15, 0.2) is 11.6 Å². The van der Waals surface area contributed by atoms with Crippen LogP contribution in [0, 0.1) is 29.1 Å². The first-order valence-corrected chi connectivity index (χ1v) is 10.8. The monoisotopic (exact) mass is 370 g/mol. The van der Waals surface area contributed by atoms with E-state index in [2.05, 4.69) is 24.8 Å². The number of aliphatic hydroxyl groups is 1. The van der Waals surface area contributed by atoms with Gasteiger partial charge >= 0.3 is 0 Å². The first-order valence-electron chi connectivity index (χ1n) is 10.8. The van der Waals surface area contributed by atoms with Crippen LogP contribution in [0.4, 0.5) is 0 Å². The lowest BCUT2D eigenvalue weighted by atomic mass is 9.53. The Kier molecular flexibility index (Phi) is 3.15. The molecule has 1 spiro atoms. The average molecular weight is 370 g/mol. The van der Waals surface area contributed by atoms with Crippen LogP contribution in [-0.2, 0) is 14.2 Å². The summed E-state index contributed by atoms with van der Waals surface area (Å²) < 4.78 is 18.7. The van der Waals surface area contributed by atoms with Crippen LogP contribution in [0.25, 0.3) is 0 Å². The summed E-state index contributed by atoms with van der Waals surface area (Å²) in [5.41, 5.74) is 0.424. The number of epoxide rings is 1. The first kappa shape index (κ1) is 17.0. The molecule has 2 saturated heterocycles. The summed E-state index contributed by atoms with van der Waals surface area (Å²) in [5, 5.41) is 11.3. The number of rotatable bonds is 0. The summed E-state index contributed by atoms with van der Waals surface area (Å²) in [6.07, 6.45) is 10.3. The van der Waals surface area contributed by atoms with E-state index in [9.17, 15) is 5.11 Å². The zero-order valence-electron chi connectivity index (χ0n) is 16.5. The summed E-state index contributed by atoms with van der Waals surface area (Å²) in [6, 6.07) is 0. The third kappa shape index (κ3) is 1.86. The van der Waals surface area contributed by atoms with E-state index >= 15 is 0 Å². The summed E-state index contributed by atoms with van der Waals surface area (Å²) in [4.78, 5) is 0. The van der Waals surface area contributed by atoms with Gasteiger partial charge in [-0.2, -0.15) is 0 Å². The maximum Gasteiger partial charge on any atom is 0.171 e. The summed E-state index contributed by atoms with van der Waals surface area (Å²) >= 11 is 0. The second-order valence-electron chi connectivity index (χ2n) is 10.0. The Hall–Kier alpha value is -0.860. The van der Waals surface area contributed by atoms with Crippen LogP contribution >= 0.6 is 0 Å². The SMILES string of the molecule is CC#C[C@]1(O)CC[C@H]2[C@@H]3CC[C@@]45CC6(CC[C@@]4(O5)C3=CC[C@@]21C)OCCO6. The lowest BCUT2D eigenvalue weighted by Crippen LogP contribution is -2.53. The molecular formula is C23H30O4. The number of hydrogen-bond donors (Lipinski definition) is 1. The fourth-order valence-corrected chi connectivity index (χ4v) is 7.76. The van der Waals surface area contributed by atoms with Crippen molar-refractivity contribution < 1.29 is 19.3 Å². The zero-order chi connectivity index (χ0) is 18.5. The highest BCUT2D eigenvalue weighted by Gasteiger charge is 2.79. The van der Waals surface area contributed by atoms with Gasteiger partial charge in [-0.1, -0.05) is 18.9 Å². The second kappa shape index (κ2) is 5.00. The van der Waals surface area contributed by atoms with Crippen molar-refractivity contribution in [3.05, 3.63) is 11.6 Å². The van der Waals surface area contributed by atoms with E-state index in [4.69, 9.17) is 14.2 Å². The van der Waals surface area contributed by atoms with Gasteiger partial charge in [0.05, 0.1) is 13.2 Å². The Morgan fingerprint density at radius 1 is 1.11 bits per heavy atom. The van der Waals surface area contributed by atoms with E-state index in [1.165, 1.54) is 5.57 Å². The Bertz CT molecular complexity index is 786. The fourth-order valence-electron chi connectivity index (χ4n) is 7.76. The van der Waals surface area contributed by atoms with Gasteiger partial charge in [0.15, 0.2) is 5.79 Å². The summed E-state index contributed by atoms with van der Waals surface area (Å²) in [5.74, 6) is 6.83. The molecule has 0 aromatic heterocycles. The first-order chi connectivity index (χ1) is 12.9. The minimum absolute atomic E-state index is 0.0657. The molecule has 0 radical (unpaired) electrons. The molecule has 6 atom stereocenters. The van der Waals surface area contributed by atoms with E-state index < -0.39 is 5.60 Å². The normalized spacial score (nSPS) is 54.1. The lowest BCUT2D eigenvalue weighted by molar-refractivity contribution is -0.185. The molecule has 0 amide bonds. The van der Waals surface area contributed by atoms with Crippen molar-refractivity contribution in [2.24, 2.45) is 17.3 Å². The van der Waals surface area contributed by atoms with Crippen molar-refractivity contribution in [1.29, 1.82) is 0 Å². The highest BCUT2D eigenvalue weighted by atomic mass is 16.7. The summed E-state index contributed by atoms with van der Waals surface area (Å²) in [6.45, 7) is 5.54. The molecule has 5 fully saturated rings. The molecule has 0 unspecified atom stereocenters. The maximum absolute atomic E-state index is 11.3. The minimum Gasteiger partial charge on any atom is -0.377 e. The van der Waals surface area contributed by atoms with E-state index in [1.54, 1.807) is 0 Å². The third-order valence-corrected chi connectivity index (χ3v) is 9.16. The fraction of sp³-hybridized carbons (Fsp3) is 0.826. The maximum atomic E-state index is 11.3. The Balaban J connectivity index is 1.35. The van der Waals surface area contributed by atoms with E-state index in [0.717, 1.165) is 51.4 Å². The molecule has 2 aliphatic heterocycles. The molecule has 4 heteroatoms. The van der Waals surface area contributed by atoms with Crippen LogP contribution in [0.1, 0.15) is 65.2 Å². The van der Waals surface area contributed by atoms with Crippen molar-refractivity contribution in [2.75, 3.05) is 13.2 Å². The van der Waals surface area contributed by atoms with Crippen LogP contribution in [-0.4, -0.2) is 40.9 Å². The minimum atomic E-state index is -0.840. The molecule has 27 heavy (non-hydrogen) atoms. The summed E-state index contributed by atoms with van der Waals surface area (Å²) in [7, 11) is 0. The van der Waals surface area contributed by atoms with Gasteiger partial charge < -0.3 is 19.3 Å². The molecule has 146 valence electrons. The molecule has 0 aromatic rings. The molecule has 2 heterocycles. The van der Waals surface area contributed by atoms with Gasteiger partial charge in [0.2, 0.25) is 0 Å². The molecule has 6 rings (SSSR count). The zero-order valence-corrected chi connectivity index (χ0v) is 16.5. The largest absolute Gasteiger partial charge is 0.377 e. The van der Waals surface area contributed by atoms with E-state index in [-0.39, 0.29) is 22.4 Å². The van der Waals surface area contributed by atoms with Crippen molar-refractivity contribution >= 4 is 0 Å². The number of allylic oxidation sites excluding steroid dienone is 1. The van der Waals surface area contributed by atoms with Crippen molar-refractivity contribution in [3.63, 3.8) is 0 Å². The number of fused-ring (bicyclic) bond motifs is 3. The molecule has 4 nitrogen and oxygen atoms in total. The van der Waals surface area contributed by atoms with Gasteiger partial charge in [-0.3, -0.25) is 0 Å². The lowest BCUT2D eigenvalue weighted by Gasteiger charge is -2.51. The number of ether oxygens (including phenoxy) is 3. The van der Waals surface area contributed by atoms with Crippen LogP contribution in [0.3, 0.4) is 0 Å². The van der Waals surface area contributed by atoms with E-state index in [1.807, 2.05) is 6.92 Å². The molecule has 3 saturated carbocycles. The smallest absolute Gasteiger partial charge is 0.171 e.